The molecule has 42 heavy (non-hydrogen) atoms. The summed E-state index contributed by atoms with van der Waals surface area (Å²) in [6.07, 6.45) is -1.96. The molecule has 1 aliphatic heterocycles. The van der Waals surface area contributed by atoms with Gasteiger partial charge in [0.2, 0.25) is 5.91 Å². The number of aliphatic hydroxyl groups is 3. The third-order valence-corrected chi connectivity index (χ3v) is 11.4. The van der Waals surface area contributed by atoms with Gasteiger partial charge in [-0.1, -0.05) is 58.0 Å². The van der Waals surface area contributed by atoms with E-state index in [4.69, 9.17) is 9.47 Å². The smallest absolute Gasteiger partial charge is 0.311 e. The Balaban J connectivity index is 1.55. The van der Waals surface area contributed by atoms with E-state index < -0.39 is 75.9 Å². The van der Waals surface area contributed by atoms with E-state index in [9.17, 15) is 29.7 Å². The molecule has 2 bridgehead atoms. The monoisotopic (exact) mass is 583 g/mol. The second-order valence-electron chi connectivity index (χ2n) is 13.9. The molecule has 0 spiro atoms. The van der Waals surface area contributed by atoms with Gasteiger partial charge in [0, 0.05) is 30.1 Å². The summed E-state index contributed by atoms with van der Waals surface area (Å²) in [5, 5.41) is 39.1. The standard InChI is InChI=1S/C33H45NO8/c1-17-22(42-29(38)18(2)25(34-20(4)35)21-11-9-8-10-12-21)15-33(40)19(3)27-31(7,14-13-23-32(27,39)16-41-23)28(37)26(36)24(17)30(33,5)6/h8-12,18-19,22-23,25-27,36,39-40H,13-16H2,1-7H3,(H,34,35)/t18-,19?,22?,23?,25?,26?,27?,31-,32?,33?/m1/s1. The van der Waals surface area contributed by atoms with Crippen LogP contribution in [0.15, 0.2) is 41.5 Å². The molecule has 1 saturated heterocycles. The van der Waals surface area contributed by atoms with Crippen LogP contribution in [0, 0.1) is 28.6 Å². The summed E-state index contributed by atoms with van der Waals surface area (Å²) in [7, 11) is 0. The summed E-state index contributed by atoms with van der Waals surface area (Å²) in [5.41, 5.74) is -3.37. The summed E-state index contributed by atoms with van der Waals surface area (Å²) >= 11 is 0. The van der Waals surface area contributed by atoms with E-state index in [1.165, 1.54) is 6.92 Å². The summed E-state index contributed by atoms with van der Waals surface area (Å²) in [6.45, 7) is 12.1. The molecule has 1 amide bonds. The van der Waals surface area contributed by atoms with Gasteiger partial charge in [-0.2, -0.15) is 0 Å². The van der Waals surface area contributed by atoms with Crippen molar-refractivity contribution in [2.45, 2.75) is 103 Å². The number of carbonyl (C=O) groups is 3. The van der Waals surface area contributed by atoms with Crippen LogP contribution in [0.4, 0.5) is 0 Å². The molecule has 230 valence electrons. The fraction of sp³-hybridized carbons (Fsp3) is 0.667. The average molecular weight is 584 g/mol. The Kier molecular flexibility index (Phi) is 7.53. The highest BCUT2D eigenvalue weighted by Crippen LogP contribution is 2.64. The van der Waals surface area contributed by atoms with Gasteiger partial charge in [0.05, 0.1) is 30.3 Å². The molecule has 0 aromatic heterocycles. The molecule has 3 aliphatic carbocycles. The lowest BCUT2D eigenvalue weighted by Crippen LogP contribution is -2.76. The predicted octanol–water partition coefficient (Wildman–Crippen LogP) is 3.02. The van der Waals surface area contributed by atoms with E-state index in [0.29, 0.717) is 24.0 Å². The van der Waals surface area contributed by atoms with E-state index in [-0.39, 0.29) is 18.9 Å². The summed E-state index contributed by atoms with van der Waals surface area (Å²) in [5.74, 6) is -3.33. The van der Waals surface area contributed by atoms with Gasteiger partial charge >= 0.3 is 5.97 Å². The number of esters is 1. The minimum absolute atomic E-state index is 0.0280. The van der Waals surface area contributed by atoms with Crippen molar-refractivity contribution < 1.29 is 39.2 Å². The lowest BCUT2D eigenvalue weighted by Gasteiger charge is -2.66. The minimum Gasteiger partial charge on any atom is -0.457 e. The first-order chi connectivity index (χ1) is 19.5. The number of amides is 1. The zero-order valence-corrected chi connectivity index (χ0v) is 25.6. The Hall–Kier alpha value is -2.59. The molecule has 10 atom stereocenters. The molecular formula is C33H45NO8. The molecule has 1 aromatic carbocycles. The van der Waals surface area contributed by atoms with Crippen molar-refractivity contribution >= 4 is 17.7 Å². The predicted molar refractivity (Wildman–Crippen MR) is 154 cm³/mol. The number of Topliss-reactive ketones (excluding diaryl/α,β-unsaturated/α-hetero) is 1. The lowest BCUT2D eigenvalue weighted by atomic mass is 9.43. The van der Waals surface area contributed by atoms with Crippen molar-refractivity contribution in [2.24, 2.45) is 28.6 Å². The number of fused-ring (bicyclic) bond motifs is 5. The zero-order valence-electron chi connectivity index (χ0n) is 25.6. The van der Waals surface area contributed by atoms with Crippen LogP contribution < -0.4 is 5.32 Å². The number of benzene rings is 1. The molecule has 0 radical (unpaired) electrons. The zero-order chi connectivity index (χ0) is 31.0. The molecule has 2 saturated carbocycles. The maximum atomic E-state index is 14.2. The fourth-order valence-corrected chi connectivity index (χ4v) is 8.91. The van der Waals surface area contributed by atoms with Crippen molar-refractivity contribution in [3.63, 3.8) is 0 Å². The number of rotatable bonds is 5. The molecule has 5 rings (SSSR count). The quantitative estimate of drug-likeness (QED) is 0.306. The van der Waals surface area contributed by atoms with Crippen LogP contribution in [0.2, 0.25) is 0 Å². The molecule has 4 aliphatic rings. The molecule has 3 fully saturated rings. The Morgan fingerprint density at radius 2 is 1.79 bits per heavy atom. The molecule has 9 heteroatoms. The number of ether oxygens (including phenoxy) is 2. The van der Waals surface area contributed by atoms with Crippen molar-refractivity contribution in [3.05, 3.63) is 47.0 Å². The van der Waals surface area contributed by atoms with E-state index in [2.05, 4.69) is 5.32 Å². The largest absolute Gasteiger partial charge is 0.457 e. The van der Waals surface area contributed by atoms with Gasteiger partial charge in [-0.25, -0.2) is 0 Å². The number of ketones is 1. The van der Waals surface area contributed by atoms with Crippen molar-refractivity contribution in [2.75, 3.05) is 6.61 Å². The van der Waals surface area contributed by atoms with Gasteiger partial charge in [-0.3, -0.25) is 14.4 Å². The third kappa shape index (κ3) is 4.30. The number of nitrogens with one attached hydrogen (secondary N) is 1. The first-order valence-electron chi connectivity index (χ1n) is 15.0. The first kappa shape index (κ1) is 30.9. The Labute approximate surface area is 247 Å². The summed E-state index contributed by atoms with van der Waals surface area (Å²) in [6, 6.07) is 8.52. The van der Waals surface area contributed by atoms with E-state index in [1.54, 1.807) is 20.8 Å². The molecule has 4 N–H and O–H groups in total. The van der Waals surface area contributed by atoms with Crippen molar-refractivity contribution in [1.29, 1.82) is 0 Å². The van der Waals surface area contributed by atoms with Crippen LogP contribution in [0.5, 0.6) is 0 Å². The van der Waals surface area contributed by atoms with Gasteiger partial charge < -0.3 is 30.1 Å². The lowest BCUT2D eigenvalue weighted by molar-refractivity contribution is -0.320. The maximum absolute atomic E-state index is 14.2. The van der Waals surface area contributed by atoms with Gasteiger partial charge in [-0.15, -0.1) is 0 Å². The van der Waals surface area contributed by atoms with E-state index in [1.807, 2.05) is 51.1 Å². The maximum Gasteiger partial charge on any atom is 0.311 e. The molecule has 8 unspecified atom stereocenters. The van der Waals surface area contributed by atoms with Crippen molar-refractivity contribution in [1.82, 2.24) is 5.32 Å². The molecular weight excluding hydrogens is 538 g/mol. The normalized spacial score (nSPS) is 40.3. The Bertz CT molecular complexity index is 1310. The van der Waals surface area contributed by atoms with Crippen LogP contribution in [-0.4, -0.2) is 69.1 Å². The van der Waals surface area contributed by atoms with Gasteiger partial charge in [0.25, 0.3) is 0 Å². The highest BCUT2D eigenvalue weighted by molar-refractivity contribution is 5.92. The SMILES string of the molecule is CC(=O)NC(c1ccccc1)[C@@H](C)C(=O)OC1CC2(O)C(C)C3C4(O)COC4CC[C@@]3(C)C(=O)C(O)C(=C1C)C2(C)C. The highest BCUT2D eigenvalue weighted by atomic mass is 16.6. The third-order valence-electron chi connectivity index (χ3n) is 11.4. The van der Waals surface area contributed by atoms with Crippen LogP contribution in [0.25, 0.3) is 0 Å². The second-order valence-corrected chi connectivity index (χ2v) is 13.9. The Morgan fingerprint density at radius 3 is 2.36 bits per heavy atom. The van der Waals surface area contributed by atoms with E-state index in [0.717, 1.165) is 5.56 Å². The number of carbonyl (C=O) groups excluding carboxylic acids is 3. The number of hydrogen-bond acceptors (Lipinski definition) is 8. The van der Waals surface area contributed by atoms with Crippen LogP contribution >= 0.6 is 0 Å². The van der Waals surface area contributed by atoms with Crippen molar-refractivity contribution in [3.8, 4) is 0 Å². The second kappa shape index (κ2) is 10.3. The summed E-state index contributed by atoms with van der Waals surface area (Å²) in [4.78, 5) is 39.9. The van der Waals surface area contributed by atoms with Crippen LogP contribution in [-0.2, 0) is 23.9 Å². The number of hydrogen-bond donors (Lipinski definition) is 4. The van der Waals surface area contributed by atoms with Gasteiger partial charge in [0.1, 0.15) is 17.8 Å². The minimum atomic E-state index is -1.55. The fourth-order valence-electron chi connectivity index (χ4n) is 8.91. The number of aliphatic hydroxyl groups excluding tert-OH is 1. The average Bonchev–Trinajstić information content (AvgIpc) is 2.92. The Morgan fingerprint density at radius 1 is 1.14 bits per heavy atom. The van der Waals surface area contributed by atoms with Gasteiger partial charge in [0.15, 0.2) is 5.78 Å². The summed E-state index contributed by atoms with van der Waals surface area (Å²) < 4.78 is 11.8. The molecule has 9 nitrogen and oxygen atoms in total. The first-order valence-corrected chi connectivity index (χ1v) is 15.0. The van der Waals surface area contributed by atoms with Crippen LogP contribution in [0.1, 0.15) is 79.3 Å². The molecule has 1 aromatic rings. The van der Waals surface area contributed by atoms with E-state index >= 15 is 0 Å². The van der Waals surface area contributed by atoms with Crippen LogP contribution in [0.3, 0.4) is 0 Å². The van der Waals surface area contributed by atoms with Gasteiger partial charge in [-0.05, 0) is 49.3 Å². The topological polar surface area (TPSA) is 142 Å². The highest BCUT2D eigenvalue weighted by Gasteiger charge is 2.71. The molecule has 1 heterocycles.